The number of hydrogen-bond donors (Lipinski definition) is 2. The first-order chi connectivity index (χ1) is 9.51. The predicted octanol–water partition coefficient (Wildman–Crippen LogP) is 4.66. The van der Waals surface area contributed by atoms with Crippen LogP contribution in [0.4, 0.5) is 10.1 Å². The summed E-state index contributed by atoms with van der Waals surface area (Å²) in [5.41, 5.74) is 8.76. The van der Waals surface area contributed by atoms with Crippen LogP contribution in [0.1, 0.15) is 17.2 Å². The van der Waals surface area contributed by atoms with Gasteiger partial charge in [0.25, 0.3) is 0 Å². The van der Waals surface area contributed by atoms with Crippen LogP contribution in [0.15, 0.2) is 40.9 Å². The molecule has 1 unspecified atom stereocenters. The van der Waals surface area contributed by atoms with E-state index in [2.05, 4.69) is 21.2 Å². The minimum absolute atomic E-state index is 0.103. The molecule has 0 bridgehead atoms. The van der Waals surface area contributed by atoms with Gasteiger partial charge >= 0.3 is 0 Å². The maximum Gasteiger partial charge on any atom is 0.141 e. The van der Waals surface area contributed by atoms with Gasteiger partial charge in [-0.15, -0.1) is 0 Å². The molecule has 0 amide bonds. The molecule has 0 saturated heterocycles. The lowest BCUT2D eigenvalue weighted by Crippen LogP contribution is -2.21. The van der Waals surface area contributed by atoms with Crippen molar-refractivity contribution in [2.24, 2.45) is 5.73 Å². The first-order valence-electron chi connectivity index (χ1n) is 6.19. The number of halogens is 3. The number of rotatable bonds is 4. The zero-order chi connectivity index (χ0) is 14.7. The quantitative estimate of drug-likeness (QED) is 0.835. The van der Waals surface area contributed by atoms with Crippen LogP contribution in [0.2, 0.25) is 5.02 Å². The van der Waals surface area contributed by atoms with Crippen molar-refractivity contribution in [3.05, 3.63) is 62.8 Å². The second-order valence-corrected chi connectivity index (χ2v) is 5.85. The highest BCUT2D eigenvalue weighted by molar-refractivity contribution is 9.10. The molecule has 2 aromatic rings. The van der Waals surface area contributed by atoms with Crippen LogP contribution in [0, 0.1) is 12.7 Å². The molecule has 0 heterocycles. The third-order valence-corrected chi connectivity index (χ3v) is 4.01. The molecule has 0 saturated carbocycles. The van der Waals surface area contributed by atoms with Gasteiger partial charge in [0, 0.05) is 16.7 Å². The first-order valence-corrected chi connectivity index (χ1v) is 7.36. The number of aryl methyl sites for hydroxylation is 1. The summed E-state index contributed by atoms with van der Waals surface area (Å²) >= 11 is 9.32. The Hall–Kier alpha value is -1.10. The van der Waals surface area contributed by atoms with Gasteiger partial charge in [0.05, 0.1) is 11.1 Å². The van der Waals surface area contributed by atoms with E-state index < -0.39 is 5.82 Å². The van der Waals surface area contributed by atoms with Gasteiger partial charge in [-0.05, 0) is 58.2 Å². The van der Waals surface area contributed by atoms with Gasteiger partial charge in [-0.1, -0.05) is 23.7 Å². The van der Waals surface area contributed by atoms with Crippen molar-refractivity contribution < 1.29 is 4.39 Å². The third-order valence-electron chi connectivity index (χ3n) is 3.03. The molecular formula is C15H15BrClFN2. The van der Waals surface area contributed by atoms with E-state index in [0.29, 0.717) is 6.54 Å². The summed E-state index contributed by atoms with van der Waals surface area (Å²) in [4.78, 5) is 0. The molecule has 0 aliphatic rings. The van der Waals surface area contributed by atoms with Gasteiger partial charge in [-0.3, -0.25) is 0 Å². The van der Waals surface area contributed by atoms with Crippen LogP contribution in [-0.4, -0.2) is 6.54 Å². The standard InChI is InChI=1S/C15H15BrClFN2/c1-9-2-4-11(16)14(6-9)20-15(8-19)10-3-5-13(18)12(17)7-10/h2-7,15,20H,8,19H2,1H3. The lowest BCUT2D eigenvalue weighted by molar-refractivity contribution is 0.626. The molecule has 0 aliphatic heterocycles. The summed E-state index contributed by atoms with van der Waals surface area (Å²) in [6.07, 6.45) is 0. The summed E-state index contributed by atoms with van der Waals surface area (Å²) in [5, 5.41) is 3.45. The SMILES string of the molecule is Cc1ccc(Br)c(NC(CN)c2ccc(F)c(Cl)c2)c1. The van der Waals surface area contributed by atoms with Crippen LogP contribution < -0.4 is 11.1 Å². The third kappa shape index (κ3) is 3.51. The molecule has 0 aliphatic carbocycles. The van der Waals surface area contributed by atoms with Crippen LogP contribution in [0.3, 0.4) is 0 Å². The highest BCUT2D eigenvalue weighted by Gasteiger charge is 2.13. The fourth-order valence-corrected chi connectivity index (χ4v) is 2.49. The Labute approximate surface area is 131 Å². The number of nitrogens with one attached hydrogen (secondary N) is 1. The van der Waals surface area contributed by atoms with Crippen LogP contribution >= 0.6 is 27.5 Å². The van der Waals surface area contributed by atoms with E-state index in [4.69, 9.17) is 17.3 Å². The molecule has 2 rings (SSSR count). The zero-order valence-electron chi connectivity index (χ0n) is 11.0. The molecule has 3 N–H and O–H groups in total. The Kier molecular flexibility index (Phi) is 5.02. The molecule has 0 radical (unpaired) electrons. The largest absolute Gasteiger partial charge is 0.376 e. The molecule has 20 heavy (non-hydrogen) atoms. The normalized spacial score (nSPS) is 12.2. The molecule has 0 fully saturated rings. The van der Waals surface area contributed by atoms with Crippen LogP contribution in [0.25, 0.3) is 0 Å². The maximum absolute atomic E-state index is 13.2. The molecule has 106 valence electrons. The van der Waals surface area contributed by atoms with Crippen molar-refractivity contribution >= 4 is 33.2 Å². The van der Waals surface area contributed by atoms with Crippen molar-refractivity contribution in [2.45, 2.75) is 13.0 Å². The lowest BCUT2D eigenvalue weighted by atomic mass is 10.1. The average molecular weight is 358 g/mol. The molecule has 2 nitrogen and oxygen atoms in total. The summed E-state index contributed by atoms with van der Waals surface area (Å²) < 4.78 is 14.2. The van der Waals surface area contributed by atoms with Crippen LogP contribution in [0.5, 0.6) is 0 Å². The molecule has 0 spiro atoms. The zero-order valence-corrected chi connectivity index (χ0v) is 13.3. The van der Waals surface area contributed by atoms with Crippen LogP contribution in [-0.2, 0) is 0 Å². The van der Waals surface area contributed by atoms with E-state index in [9.17, 15) is 4.39 Å². The Balaban J connectivity index is 2.28. The Bertz CT molecular complexity index is 619. The van der Waals surface area contributed by atoms with E-state index in [0.717, 1.165) is 21.3 Å². The first kappa shape index (κ1) is 15.3. The summed E-state index contributed by atoms with van der Waals surface area (Å²) in [6, 6.07) is 10.5. The fourth-order valence-electron chi connectivity index (χ4n) is 1.94. The maximum atomic E-state index is 13.2. The average Bonchev–Trinajstić information content (AvgIpc) is 2.43. The molecular weight excluding hydrogens is 343 g/mol. The monoisotopic (exact) mass is 356 g/mol. The summed E-state index contributed by atoms with van der Waals surface area (Å²) in [6.45, 7) is 2.40. The molecule has 2 aromatic carbocycles. The minimum Gasteiger partial charge on any atom is -0.376 e. The van der Waals surface area contributed by atoms with Gasteiger partial charge in [-0.2, -0.15) is 0 Å². The van der Waals surface area contributed by atoms with Crippen molar-refractivity contribution in [2.75, 3.05) is 11.9 Å². The Morgan fingerprint density at radius 2 is 2.05 bits per heavy atom. The van der Waals surface area contributed by atoms with E-state index in [1.54, 1.807) is 12.1 Å². The number of hydrogen-bond acceptors (Lipinski definition) is 2. The van der Waals surface area contributed by atoms with Gasteiger partial charge in [0.2, 0.25) is 0 Å². The molecule has 0 aromatic heterocycles. The summed E-state index contributed by atoms with van der Waals surface area (Å²) in [5.74, 6) is -0.428. The Morgan fingerprint density at radius 1 is 1.30 bits per heavy atom. The van der Waals surface area contributed by atoms with E-state index in [-0.39, 0.29) is 11.1 Å². The second-order valence-electron chi connectivity index (χ2n) is 4.59. The summed E-state index contributed by atoms with van der Waals surface area (Å²) in [7, 11) is 0. The molecule has 5 heteroatoms. The second kappa shape index (κ2) is 6.57. The van der Waals surface area contributed by atoms with Crippen molar-refractivity contribution in [3.8, 4) is 0 Å². The topological polar surface area (TPSA) is 38.0 Å². The number of anilines is 1. The van der Waals surface area contributed by atoms with E-state index in [1.807, 2.05) is 25.1 Å². The smallest absolute Gasteiger partial charge is 0.141 e. The number of nitrogens with two attached hydrogens (primary N) is 1. The van der Waals surface area contributed by atoms with E-state index in [1.165, 1.54) is 6.07 Å². The highest BCUT2D eigenvalue weighted by atomic mass is 79.9. The highest BCUT2D eigenvalue weighted by Crippen LogP contribution is 2.28. The minimum atomic E-state index is -0.428. The van der Waals surface area contributed by atoms with Gasteiger partial charge in [0.1, 0.15) is 5.82 Å². The van der Waals surface area contributed by atoms with E-state index >= 15 is 0 Å². The number of benzene rings is 2. The van der Waals surface area contributed by atoms with Crippen molar-refractivity contribution in [1.82, 2.24) is 0 Å². The Morgan fingerprint density at radius 3 is 2.70 bits per heavy atom. The van der Waals surface area contributed by atoms with Crippen molar-refractivity contribution in [3.63, 3.8) is 0 Å². The van der Waals surface area contributed by atoms with Crippen molar-refractivity contribution in [1.29, 1.82) is 0 Å². The van der Waals surface area contributed by atoms with Gasteiger partial charge < -0.3 is 11.1 Å². The van der Waals surface area contributed by atoms with Gasteiger partial charge in [0.15, 0.2) is 0 Å². The predicted molar refractivity (Wildman–Crippen MR) is 85.7 cm³/mol. The lowest BCUT2D eigenvalue weighted by Gasteiger charge is -2.20. The molecule has 1 atom stereocenters. The van der Waals surface area contributed by atoms with Gasteiger partial charge in [-0.25, -0.2) is 4.39 Å². The fraction of sp³-hybridized carbons (Fsp3) is 0.200.